The molecular weight excluding hydrogens is 272 g/mol. The van der Waals surface area contributed by atoms with Crippen LogP contribution < -0.4 is 4.74 Å². The highest BCUT2D eigenvalue weighted by Crippen LogP contribution is 2.33. The van der Waals surface area contributed by atoms with Crippen molar-refractivity contribution in [1.29, 1.82) is 0 Å². The quantitative estimate of drug-likeness (QED) is 0.723. The van der Waals surface area contributed by atoms with Gasteiger partial charge in [-0.1, -0.05) is 12.1 Å². The van der Waals surface area contributed by atoms with Gasteiger partial charge in [-0.25, -0.2) is 0 Å². The molecule has 1 heterocycles. The van der Waals surface area contributed by atoms with Gasteiger partial charge in [-0.2, -0.15) is 0 Å². The molecule has 0 amide bonds. The maximum atomic E-state index is 6.15. The summed E-state index contributed by atoms with van der Waals surface area (Å²) in [5, 5.41) is 0. The first-order valence-electron chi connectivity index (χ1n) is 7.39. The number of ether oxygens (including phenoxy) is 2. The maximum absolute atomic E-state index is 6.15. The van der Waals surface area contributed by atoms with Gasteiger partial charge in [0.15, 0.2) is 0 Å². The number of methoxy groups -OCH3 is 1. The van der Waals surface area contributed by atoms with Crippen molar-refractivity contribution >= 4 is 11.6 Å². The summed E-state index contributed by atoms with van der Waals surface area (Å²) < 4.78 is 11.3. The molecule has 1 aliphatic rings. The summed E-state index contributed by atoms with van der Waals surface area (Å²) in [5.41, 5.74) is 1.36. The summed E-state index contributed by atoms with van der Waals surface area (Å²) in [6.45, 7) is 4.35. The molecule has 3 heteroatoms. The van der Waals surface area contributed by atoms with E-state index in [1.165, 1.54) is 5.56 Å². The Balaban J connectivity index is 1.88. The normalized spacial score (nSPS) is 22.7. The highest BCUT2D eigenvalue weighted by atomic mass is 35.5. The number of halogens is 1. The molecule has 0 aliphatic carbocycles. The minimum atomic E-state index is 0.0433. The second-order valence-corrected chi connectivity index (χ2v) is 6.66. The van der Waals surface area contributed by atoms with Gasteiger partial charge in [-0.05, 0) is 63.1 Å². The molecule has 1 aromatic carbocycles. The van der Waals surface area contributed by atoms with Crippen molar-refractivity contribution in [1.82, 2.24) is 0 Å². The molecule has 2 unspecified atom stereocenters. The van der Waals surface area contributed by atoms with Crippen LogP contribution in [0.15, 0.2) is 24.3 Å². The van der Waals surface area contributed by atoms with E-state index < -0.39 is 0 Å². The van der Waals surface area contributed by atoms with Crippen molar-refractivity contribution in [3.8, 4) is 5.75 Å². The molecule has 1 saturated heterocycles. The molecule has 20 heavy (non-hydrogen) atoms. The molecule has 1 aromatic rings. The van der Waals surface area contributed by atoms with E-state index in [2.05, 4.69) is 26.0 Å². The third-order valence-corrected chi connectivity index (χ3v) is 4.49. The van der Waals surface area contributed by atoms with Crippen LogP contribution in [0.2, 0.25) is 0 Å². The molecule has 0 radical (unpaired) electrons. The van der Waals surface area contributed by atoms with E-state index in [0.29, 0.717) is 17.9 Å². The third kappa shape index (κ3) is 4.39. The highest BCUT2D eigenvalue weighted by Gasteiger charge is 2.32. The zero-order valence-corrected chi connectivity index (χ0v) is 13.5. The Kier molecular flexibility index (Phi) is 5.34. The van der Waals surface area contributed by atoms with E-state index in [0.717, 1.165) is 31.4 Å². The third-order valence-electron chi connectivity index (χ3n) is 4.05. The monoisotopic (exact) mass is 296 g/mol. The Morgan fingerprint density at radius 2 is 2.05 bits per heavy atom. The fourth-order valence-corrected chi connectivity index (χ4v) is 3.15. The Hall–Kier alpha value is -0.730. The predicted octanol–water partition coefficient (Wildman–Crippen LogP) is 4.44. The van der Waals surface area contributed by atoms with E-state index in [-0.39, 0.29) is 5.60 Å². The van der Waals surface area contributed by atoms with Gasteiger partial charge in [0.1, 0.15) is 5.75 Å². The number of hydrogen-bond donors (Lipinski definition) is 0. The minimum Gasteiger partial charge on any atom is -0.497 e. The molecule has 0 N–H and O–H groups in total. The Morgan fingerprint density at radius 3 is 2.55 bits per heavy atom. The smallest absolute Gasteiger partial charge is 0.118 e. The molecule has 2 atom stereocenters. The first kappa shape index (κ1) is 15.7. The highest BCUT2D eigenvalue weighted by molar-refractivity contribution is 6.18. The van der Waals surface area contributed by atoms with Crippen molar-refractivity contribution in [3.63, 3.8) is 0 Å². The standard InChI is InChI=1S/C17H25ClO2/c1-17(2)9-8-16(20-17)11-14(12-18)10-13-4-6-15(19-3)7-5-13/h4-7,14,16H,8-12H2,1-3H3. The van der Waals surface area contributed by atoms with E-state index in [4.69, 9.17) is 21.1 Å². The second-order valence-electron chi connectivity index (χ2n) is 6.35. The Morgan fingerprint density at radius 1 is 1.35 bits per heavy atom. The van der Waals surface area contributed by atoms with Gasteiger partial charge in [0, 0.05) is 5.88 Å². The van der Waals surface area contributed by atoms with Crippen LogP contribution in [-0.2, 0) is 11.2 Å². The van der Waals surface area contributed by atoms with Crippen LogP contribution in [-0.4, -0.2) is 24.7 Å². The van der Waals surface area contributed by atoms with Crippen molar-refractivity contribution in [2.75, 3.05) is 13.0 Å². The Bertz CT molecular complexity index is 414. The summed E-state index contributed by atoms with van der Waals surface area (Å²) in [5.74, 6) is 2.06. The average molecular weight is 297 g/mol. The molecular formula is C17H25ClO2. The van der Waals surface area contributed by atoms with E-state index in [1.54, 1.807) is 7.11 Å². The van der Waals surface area contributed by atoms with Crippen molar-refractivity contribution in [2.45, 2.75) is 51.2 Å². The molecule has 0 aromatic heterocycles. The average Bonchev–Trinajstić information content (AvgIpc) is 2.78. The first-order valence-corrected chi connectivity index (χ1v) is 7.92. The molecule has 2 rings (SSSR count). The molecule has 1 aliphatic heterocycles. The van der Waals surface area contributed by atoms with Crippen molar-refractivity contribution < 1.29 is 9.47 Å². The lowest BCUT2D eigenvalue weighted by Crippen LogP contribution is -2.22. The van der Waals surface area contributed by atoms with Crippen molar-refractivity contribution in [2.24, 2.45) is 5.92 Å². The van der Waals surface area contributed by atoms with Gasteiger partial charge in [-0.3, -0.25) is 0 Å². The summed E-state index contributed by atoms with van der Waals surface area (Å²) in [4.78, 5) is 0. The van der Waals surface area contributed by atoms with Crippen LogP contribution in [0, 0.1) is 5.92 Å². The van der Waals surface area contributed by atoms with E-state index in [9.17, 15) is 0 Å². The van der Waals surface area contributed by atoms with Gasteiger partial charge < -0.3 is 9.47 Å². The van der Waals surface area contributed by atoms with Crippen molar-refractivity contribution in [3.05, 3.63) is 29.8 Å². The second kappa shape index (κ2) is 6.82. The lowest BCUT2D eigenvalue weighted by Gasteiger charge is -2.22. The SMILES string of the molecule is COc1ccc(CC(CCl)CC2CCC(C)(C)O2)cc1. The largest absolute Gasteiger partial charge is 0.497 e. The van der Waals surface area contributed by atoms with Gasteiger partial charge in [0.25, 0.3) is 0 Å². The topological polar surface area (TPSA) is 18.5 Å². The number of rotatable bonds is 6. The van der Waals surface area contributed by atoms with Gasteiger partial charge in [-0.15, -0.1) is 11.6 Å². The number of benzene rings is 1. The number of hydrogen-bond acceptors (Lipinski definition) is 2. The fourth-order valence-electron chi connectivity index (χ4n) is 2.91. The van der Waals surface area contributed by atoms with Crippen LogP contribution in [0.25, 0.3) is 0 Å². The van der Waals surface area contributed by atoms with E-state index >= 15 is 0 Å². The minimum absolute atomic E-state index is 0.0433. The molecule has 0 spiro atoms. The fraction of sp³-hybridized carbons (Fsp3) is 0.647. The zero-order valence-electron chi connectivity index (χ0n) is 12.7. The summed E-state index contributed by atoms with van der Waals surface area (Å²) >= 11 is 6.15. The van der Waals surface area contributed by atoms with Gasteiger partial charge >= 0.3 is 0 Å². The molecule has 112 valence electrons. The van der Waals surface area contributed by atoms with Crippen LogP contribution in [0.1, 0.15) is 38.7 Å². The summed E-state index contributed by atoms with van der Waals surface area (Å²) in [7, 11) is 1.69. The molecule has 2 nitrogen and oxygen atoms in total. The van der Waals surface area contributed by atoms with Gasteiger partial charge in [0.05, 0.1) is 18.8 Å². The lowest BCUT2D eigenvalue weighted by molar-refractivity contribution is -0.0234. The first-order chi connectivity index (χ1) is 9.52. The molecule has 0 saturated carbocycles. The molecule has 1 fully saturated rings. The summed E-state index contributed by atoms with van der Waals surface area (Å²) in [6, 6.07) is 8.27. The van der Waals surface area contributed by atoms with Crippen LogP contribution in [0.3, 0.4) is 0 Å². The van der Waals surface area contributed by atoms with Crippen LogP contribution >= 0.6 is 11.6 Å². The van der Waals surface area contributed by atoms with Crippen LogP contribution in [0.4, 0.5) is 0 Å². The summed E-state index contributed by atoms with van der Waals surface area (Å²) in [6.07, 6.45) is 4.73. The predicted molar refractivity (Wildman–Crippen MR) is 83.7 cm³/mol. The van der Waals surface area contributed by atoms with Crippen LogP contribution in [0.5, 0.6) is 5.75 Å². The molecule has 0 bridgehead atoms. The van der Waals surface area contributed by atoms with E-state index in [1.807, 2.05) is 12.1 Å². The Labute approximate surface area is 127 Å². The lowest BCUT2D eigenvalue weighted by atomic mass is 9.94. The van der Waals surface area contributed by atoms with Gasteiger partial charge in [0.2, 0.25) is 0 Å². The zero-order chi connectivity index (χ0) is 14.6. The maximum Gasteiger partial charge on any atom is 0.118 e. The number of alkyl halides is 1.